The first kappa shape index (κ1) is 13.1. The monoisotopic (exact) mass is 268 g/mol. The number of nitrogens with one attached hydrogen (secondary N) is 2. The largest absolute Gasteiger partial charge is 0.324 e. The fraction of sp³-hybridized carbons (Fsp3) is 0.375. The van der Waals surface area contributed by atoms with E-state index in [9.17, 15) is 0 Å². The molecular formula is C16H20N4. The average Bonchev–Trinajstić information content (AvgIpc) is 2.49. The molecule has 0 aliphatic carbocycles. The number of benzene rings is 1. The van der Waals surface area contributed by atoms with E-state index >= 15 is 0 Å². The third-order valence-electron chi connectivity index (χ3n) is 3.54. The lowest BCUT2D eigenvalue weighted by Crippen LogP contribution is -2.27. The first-order chi connectivity index (χ1) is 9.86. The molecule has 0 amide bonds. The van der Waals surface area contributed by atoms with E-state index in [1.54, 1.807) is 0 Å². The summed E-state index contributed by atoms with van der Waals surface area (Å²) in [6.07, 6.45) is 3.17. The maximum atomic E-state index is 4.72. The van der Waals surface area contributed by atoms with Gasteiger partial charge in [-0.15, -0.1) is 0 Å². The molecule has 0 fully saturated rings. The molecule has 104 valence electrons. The number of aromatic nitrogens is 2. The Morgan fingerprint density at radius 3 is 2.85 bits per heavy atom. The predicted molar refractivity (Wildman–Crippen MR) is 81.2 cm³/mol. The van der Waals surface area contributed by atoms with Gasteiger partial charge in [-0.3, -0.25) is 0 Å². The molecule has 1 aromatic heterocycles. The molecule has 20 heavy (non-hydrogen) atoms. The van der Waals surface area contributed by atoms with Crippen molar-refractivity contribution in [2.75, 3.05) is 11.9 Å². The summed E-state index contributed by atoms with van der Waals surface area (Å²) in [5, 5.41) is 6.69. The van der Waals surface area contributed by atoms with E-state index in [-0.39, 0.29) is 0 Å². The summed E-state index contributed by atoms with van der Waals surface area (Å²) in [5.41, 5.74) is 4.73. The Kier molecular flexibility index (Phi) is 3.92. The van der Waals surface area contributed by atoms with Crippen LogP contribution in [-0.2, 0) is 19.4 Å². The number of anilines is 2. The fourth-order valence-corrected chi connectivity index (χ4v) is 2.59. The molecule has 0 atom stereocenters. The van der Waals surface area contributed by atoms with Gasteiger partial charge in [0.2, 0.25) is 5.95 Å². The maximum Gasteiger partial charge on any atom is 0.227 e. The lowest BCUT2D eigenvalue weighted by atomic mass is 10.0. The molecular weight excluding hydrogens is 248 g/mol. The van der Waals surface area contributed by atoms with Gasteiger partial charge in [0.05, 0.1) is 5.69 Å². The number of hydrogen-bond acceptors (Lipinski definition) is 4. The van der Waals surface area contributed by atoms with Crippen molar-refractivity contribution in [3.8, 4) is 0 Å². The second-order valence-corrected chi connectivity index (χ2v) is 5.09. The summed E-state index contributed by atoms with van der Waals surface area (Å²) in [6, 6.07) is 10.1. The molecule has 0 saturated carbocycles. The molecule has 2 N–H and O–H groups in total. The molecule has 2 heterocycles. The predicted octanol–water partition coefficient (Wildman–Crippen LogP) is 2.82. The summed E-state index contributed by atoms with van der Waals surface area (Å²) >= 11 is 0. The van der Waals surface area contributed by atoms with Crippen LogP contribution in [0.1, 0.15) is 30.3 Å². The van der Waals surface area contributed by atoms with E-state index in [1.165, 1.54) is 11.3 Å². The van der Waals surface area contributed by atoms with Crippen LogP contribution in [0.2, 0.25) is 0 Å². The molecule has 0 radical (unpaired) electrons. The van der Waals surface area contributed by atoms with Gasteiger partial charge >= 0.3 is 0 Å². The molecule has 2 aromatic rings. The number of hydrogen-bond donors (Lipinski definition) is 2. The highest BCUT2D eigenvalue weighted by atomic mass is 15.1. The highest BCUT2D eigenvalue weighted by Gasteiger charge is 2.16. The molecule has 0 saturated heterocycles. The zero-order valence-electron chi connectivity index (χ0n) is 11.8. The van der Waals surface area contributed by atoms with Crippen LogP contribution in [0.4, 0.5) is 11.6 Å². The van der Waals surface area contributed by atoms with Crippen LogP contribution >= 0.6 is 0 Å². The van der Waals surface area contributed by atoms with E-state index in [4.69, 9.17) is 4.98 Å². The molecule has 0 bridgehead atoms. The first-order valence-electron chi connectivity index (χ1n) is 7.28. The molecule has 1 aliphatic rings. The average molecular weight is 268 g/mol. The zero-order valence-corrected chi connectivity index (χ0v) is 11.8. The van der Waals surface area contributed by atoms with Crippen LogP contribution in [0.3, 0.4) is 0 Å². The molecule has 4 nitrogen and oxygen atoms in total. The maximum absolute atomic E-state index is 4.72. The zero-order chi connectivity index (χ0) is 13.8. The van der Waals surface area contributed by atoms with Crippen molar-refractivity contribution in [1.29, 1.82) is 0 Å². The van der Waals surface area contributed by atoms with Gasteiger partial charge in [-0.25, -0.2) is 9.97 Å². The van der Waals surface area contributed by atoms with Gasteiger partial charge < -0.3 is 10.6 Å². The highest BCUT2D eigenvalue weighted by Crippen LogP contribution is 2.21. The highest BCUT2D eigenvalue weighted by molar-refractivity contribution is 5.53. The van der Waals surface area contributed by atoms with Crippen LogP contribution in [0.5, 0.6) is 0 Å². The number of fused-ring (bicyclic) bond motifs is 1. The van der Waals surface area contributed by atoms with Crippen molar-refractivity contribution in [3.05, 3.63) is 47.3 Å². The normalized spacial score (nSPS) is 13.8. The Hall–Kier alpha value is -1.94. The van der Waals surface area contributed by atoms with Crippen molar-refractivity contribution in [2.45, 2.75) is 32.7 Å². The van der Waals surface area contributed by atoms with Gasteiger partial charge in [0.1, 0.15) is 0 Å². The third kappa shape index (κ3) is 2.80. The minimum Gasteiger partial charge on any atom is -0.324 e. The van der Waals surface area contributed by atoms with Crippen molar-refractivity contribution >= 4 is 11.6 Å². The molecule has 4 heteroatoms. The minimum atomic E-state index is 0.710. The molecule has 0 spiro atoms. The summed E-state index contributed by atoms with van der Waals surface area (Å²) in [5.74, 6) is 0.710. The van der Waals surface area contributed by atoms with Gasteiger partial charge in [-0.2, -0.15) is 0 Å². The number of rotatable bonds is 4. The number of nitrogens with zero attached hydrogens (tertiary/aromatic N) is 2. The number of aryl methyl sites for hydroxylation is 1. The Morgan fingerprint density at radius 2 is 2.05 bits per heavy atom. The van der Waals surface area contributed by atoms with Gasteiger partial charge in [0.15, 0.2) is 0 Å². The van der Waals surface area contributed by atoms with Crippen LogP contribution < -0.4 is 10.6 Å². The molecule has 1 aromatic carbocycles. The quantitative estimate of drug-likeness (QED) is 0.895. The standard InChI is InChI=1S/C16H20N4/c1-2-6-14-13-9-10-17-11-15(13)20-16(19-14)18-12-7-4-3-5-8-12/h3-5,7-8,17H,2,6,9-11H2,1H3,(H,18,19,20). The minimum absolute atomic E-state index is 0.710. The Balaban J connectivity index is 1.93. The lowest BCUT2D eigenvalue weighted by molar-refractivity contribution is 0.615. The summed E-state index contributed by atoms with van der Waals surface area (Å²) in [4.78, 5) is 9.39. The van der Waals surface area contributed by atoms with Crippen LogP contribution in [0, 0.1) is 0 Å². The Labute approximate surface area is 119 Å². The van der Waals surface area contributed by atoms with Crippen LogP contribution in [-0.4, -0.2) is 16.5 Å². The fourth-order valence-electron chi connectivity index (χ4n) is 2.59. The van der Waals surface area contributed by atoms with E-state index in [2.05, 4.69) is 22.5 Å². The van der Waals surface area contributed by atoms with E-state index < -0.39 is 0 Å². The Morgan fingerprint density at radius 1 is 1.20 bits per heavy atom. The smallest absolute Gasteiger partial charge is 0.227 e. The van der Waals surface area contributed by atoms with Gasteiger partial charge in [-0.05, 0) is 37.1 Å². The summed E-state index contributed by atoms with van der Waals surface area (Å²) in [6.45, 7) is 4.07. The Bertz CT molecular complexity index is 581. The SMILES string of the molecule is CCCc1nc(Nc2ccccc2)nc2c1CCNC2. The topological polar surface area (TPSA) is 49.8 Å². The summed E-state index contributed by atoms with van der Waals surface area (Å²) < 4.78 is 0. The van der Waals surface area contributed by atoms with Gasteiger partial charge in [0, 0.05) is 17.9 Å². The van der Waals surface area contributed by atoms with Crippen molar-refractivity contribution < 1.29 is 0 Å². The first-order valence-corrected chi connectivity index (χ1v) is 7.28. The van der Waals surface area contributed by atoms with Gasteiger partial charge in [-0.1, -0.05) is 31.5 Å². The van der Waals surface area contributed by atoms with E-state index in [0.29, 0.717) is 5.95 Å². The lowest BCUT2D eigenvalue weighted by Gasteiger charge is -2.20. The van der Waals surface area contributed by atoms with Crippen LogP contribution in [0.15, 0.2) is 30.3 Å². The molecule has 0 unspecified atom stereocenters. The van der Waals surface area contributed by atoms with Gasteiger partial charge in [0.25, 0.3) is 0 Å². The second kappa shape index (κ2) is 6.01. The van der Waals surface area contributed by atoms with Crippen molar-refractivity contribution in [2.24, 2.45) is 0 Å². The van der Waals surface area contributed by atoms with Crippen molar-refractivity contribution in [1.82, 2.24) is 15.3 Å². The second-order valence-electron chi connectivity index (χ2n) is 5.09. The number of para-hydroxylation sites is 1. The van der Waals surface area contributed by atoms with Crippen LogP contribution in [0.25, 0.3) is 0 Å². The van der Waals surface area contributed by atoms with E-state index in [1.807, 2.05) is 30.3 Å². The van der Waals surface area contributed by atoms with E-state index in [0.717, 1.165) is 43.7 Å². The molecule has 1 aliphatic heterocycles. The third-order valence-corrected chi connectivity index (χ3v) is 3.54. The van der Waals surface area contributed by atoms with Crippen molar-refractivity contribution in [3.63, 3.8) is 0 Å². The summed E-state index contributed by atoms with van der Waals surface area (Å²) in [7, 11) is 0. The molecule has 3 rings (SSSR count).